The van der Waals surface area contributed by atoms with Crippen LogP contribution in [0.25, 0.3) is 0 Å². The fraction of sp³-hybridized carbons (Fsp3) is 0.423. The fourth-order valence-electron chi connectivity index (χ4n) is 4.31. The van der Waals surface area contributed by atoms with Crippen LogP contribution in [0.4, 0.5) is 5.69 Å². The van der Waals surface area contributed by atoms with Gasteiger partial charge >= 0.3 is 0 Å². The lowest BCUT2D eigenvalue weighted by Crippen LogP contribution is -2.44. The van der Waals surface area contributed by atoms with E-state index in [0.717, 1.165) is 31.2 Å². The van der Waals surface area contributed by atoms with Crippen molar-refractivity contribution in [3.8, 4) is 0 Å². The average Bonchev–Trinajstić information content (AvgIpc) is 3.68. The van der Waals surface area contributed by atoms with E-state index in [-0.39, 0.29) is 35.6 Å². The number of nitrogens with zero attached hydrogens (tertiary/aromatic N) is 2. The maximum atomic E-state index is 13.1. The van der Waals surface area contributed by atoms with Gasteiger partial charge in [-0.05, 0) is 62.4 Å². The molecule has 0 spiro atoms. The summed E-state index contributed by atoms with van der Waals surface area (Å²) in [6.07, 6.45) is 3.48. The Morgan fingerprint density at radius 2 is 1.62 bits per heavy atom. The van der Waals surface area contributed by atoms with Crippen molar-refractivity contribution < 1.29 is 14.4 Å². The molecule has 3 amide bonds. The third-order valence-electron chi connectivity index (χ3n) is 6.67. The first-order valence-electron chi connectivity index (χ1n) is 11.5. The molecule has 1 aliphatic heterocycles. The van der Waals surface area contributed by atoms with Gasteiger partial charge in [-0.1, -0.05) is 30.3 Å². The number of benzene rings is 2. The molecule has 2 aromatic carbocycles. The van der Waals surface area contributed by atoms with Crippen molar-refractivity contribution in [2.24, 2.45) is 11.8 Å². The molecule has 0 radical (unpaired) electrons. The number of piperidine rings is 1. The van der Waals surface area contributed by atoms with Gasteiger partial charge in [0.05, 0.1) is 6.04 Å². The third kappa shape index (κ3) is 5.01. The molecule has 0 aromatic heterocycles. The summed E-state index contributed by atoms with van der Waals surface area (Å²) in [7, 11) is 1.84. The second-order valence-corrected chi connectivity index (χ2v) is 8.94. The standard InChI is InChI=1S/C26H31N3O3/c1-18(22-9-6-10-23(17-22)27-24(30)19-7-4-3-5-8-19)28(2)25(31)21-13-15-29(16-14-21)26(32)20-11-12-20/h3-10,17-18,20-21H,11-16H2,1-2H3,(H,27,30)/t18-/m0/s1. The van der Waals surface area contributed by atoms with Gasteiger partial charge in [0.2, 0.25) is 11.8 Å². The van der Waals surface area contributed by atoms with E-state index in [1.54, 1.807) is 17.0 Å². The SMILES string of the molecule is C[C@@H](c1cccc(NC(=O)c2ccccc2)c1)N(C)C(=O)C1CCN(C(=O)C2CC2)CC1. The highest BCUT2D eigenvalue weighted by Gasteiger charge is 2.36. The van der Waals surface area contributed by atoms with Crippen molar-refractivity contribution in [3.05, 3.63) is 65.7 Å². The number of nitrogens with one attached hydrogen (secondary N) is 1. The van der Waals surface area contributed by atoms with E-state index in [2.05, 4.69) is 5.32 Å². The van der Waals surface area contributed by atoms with Gasteiger partial charge in [-0.2, -0.15) is 0 Å². The summed E-state index contributed by atoms with van der Waals surface area (Å²) < 4.78 is 0. The first kappa shape index (κ1) is 22.1. The summed E-state index contributed by atoms with van der Waals surface area (Å²) in [5, 5.41) is 2.93. The molecule has 1 aliphatic carbocycles. The van der Waals surface area contributed by atoms with Gasteiger partial charge < -0.3 is 15.1 Å². The molecule has 0 unspecified atom stereocenters. The van der Waals surface area contributed by atoms with Crippen molar-refractivity contribution in [1.29, 1.82) is 0 Å². The van der Waals surface area contributed by atoms with Crippen LogP contribution in [-0.4, -0.2) is 47.7 Å². The second-order valence-electron chi connectivity index (χ2n) is 8.94. The van der Waals surface area contributed by atoms with E-state index in [9.17, 15) is 14.4 Å². The Kier molecular flexibility index (Phi) is 6.58. The summed E-state index contributed by atoms with van der Waals surface area (Å²) in [5.41, 5.74) is 2.27. The fourth-order valence-corrected chi connectivity index (χ4v) is 4.31. The molecule has 2 fully saturated rings. The van der Waals surface area contributed by atoms with E-state index < -0.39 is 0 Å². The van der Waals surface area contributed by atoms with Crippen molar-refractivity contribution in [3.63, 3.8) is 0 Å². The molecule has 1 N–H and O–H groups in total. The Morgan fingerprint density at radius 3 is 2.28 bits per heavy atom. The van der Waals surface area contributed by atoms with Crippen LogP contribution >= 0.6 is 0 Å². The van der Waals surface area contributed by atoms with Crippen LogP contribution in [-0.2, 0) is 9.59 Å². The molecule has 4 rings (SSSR count). The van der Waals surface area contributed by atoms with Crippen LogP contribution in [0.2, 0.25) is 0 Å². The summed E-state index contributed by atoms with van der Waals surface area (Å²) >= 11 is 0. The number of carbonyl (C=O) groups excluding carboxylic acids is 3. The van der Waals surface area contributed by atoms with Gasteiger partial charge in [0.25, 0.3) is 5.91 Å². The lowest BCUT2D eigenvalue weighted by atomic mass is 9.94. The molecule has 168 valence electrons. The highest BCUT2D eigenvalue weighted by atomic mass is 16.2. The zero-order valence-electron chi connectivity index (χ0n) is 18.8. The van der Waals surface area contributed by atoms with Crippen molar-refractivity contribution in [1.82, 2.24) is 9.80 Å². The lowest BCUT2D eigenvalue weighted by Gasteiger charge is -2.35. The molecule has 6 nitrogen and oxygen atoms in total. The maximum absolute atomic E-state index is 13.1. The van der Waals surface area contributed by atoms with E-state index in [1.807, 2.05) is 61.3 Å². The number of rotatable bonds is 6. The van der Waals surface area contributed by atoms with Crippen LogP contribution < -0.4 is 5.32 Å². The Hall–Kier alpha value is -3.15. The smallest absolute Gasteiger partial charge is 0.255 e. The van der Waals surface area contributed by atoms with Crippen molar-refractivity contribution in [2.75, 3.05) is 25.5 Å². The lowest BCUT2D eigenvalue weighted by molar-refractivity contribution is -0.141. The van der Waals surface area contributed by atoms with E-state index in [4.69, 9.17) is 0 Å². The zero-order chi connectivity index (χ0) is 22.7. The highest BCUT2D eigenvalue weighted by molar-refractivity contribution is 6.04. The van der Waals surface area contributed by atoms with Gasteiger partial charge in [-0.15, -0.1) is 0 Å². The average molecular weight is 434 g/mol. The molecular formula is C26H31N3O3. The minimum atomic E-state index is -0.160. The van der Waals surface area contributed by atoms with Crippen LogP contribution in [0.5, 0.6) is 0 Å². The van der Waals surface area contributed by atoms with E-state index in [0.29, 0.717) is 24.3 Å². The number of hydrogen-bond donors (Lipinski definition) is 1. The molecule has 1 heterocycles. The minimum Gasteiger partial charge on any atom is -0.342 e. The Balaban J connectivity index is 1.35. The predicted molar refractivity (Wildman–Crippen MR) is 124 cm³/mol. The molecule has 2 aromatic rings. The Labute approximate surface area is 189 Å². The molecule has 1 saturated heterocycles. The van der Waals surface area contributed by atoms with E-state index in [1.165, 1.54) is 0 Å². The van der Waals surface area contributed by atoms with Gasteiger partial charge in [0, 0.05) is 43.2 Å². The largest absolute Gasteiger partial charge is 0.342 e. The van der Waals surface area contributed by atoms with Crippen LogP contribution in [0.3, 0.4) is 0 Å². The van der Waals surface area contributed by atoms with Crippen LogP contribution in [0, 0.1) is 11.8 Å². The number of amides is 3. The molecule has 2 aliphatic rings. The van der Waals surface area contributed by atoms with E-state index >= 15 is 0 Å². The number of hydrogen-bond acceptors (Lipinski definition) is 3. The van der Waals surface area contributed by atoms with Crippen LogP contribution in [0.1, 0.15) is 54.6 Å². The number of anilines is 1. The highest BCUT2D eigenvalue weighted by Crippen LogP contribution is 2.33. The van der Waals surface area contributed by atoms with Gasteiger partial charge in [0.1, 0.15) is 0 Å². The Morgan fingerprint density at radius 1 is 0.938 bits per heavy atom. The molecule has 32 heavy (non-hydrogen) atoms. The summed E-state index contributed by atoms with van der Waals surface area (Å²) in [6, 6.07) is 16.6. The molecule has 1 atom stereocenters. The molecule has 6 heteroatoms. The summed E-state index contributed by atoms with van der Waals surface area (Å²) in [4.78, 5) is 41.6. The van der Waals surface area contributed by atoms with Crippen LogP contribution in [0.15, 0.2) is 54.6 Å². The number of likely N-dealkylation sites (tertiary alicyclic amines) is 1. The number of carbonyl (C=O) groups is 3. The zero-order valence-corrected chi connectivity index (χ0v) is 18.8. The monoisotopic (exact) mass is 433 g/mol. The minimum absolute atomic E-state index is 0.0494. The molecule has 1 saturated carbocycles. The van der Waals surface area contributed by atoms with Crippen molar-refractivity contribution in [2.45, 2.75) is 38.6 Å². The summed E-state index contributed by atoms with van der Waals surface area (Å²) in [5.74, 6) is 0.417. The van der Waals surface area contributed by atoms with Crippen molar-refractivity contribution >= 4 is 23.4 Å². The third-order valence-corrected chi connectivity index (χ3v) is 6.67. The molecule has 0 bridgehead atoms. The van der Waals surface area contributed by atoms with Gasteiger partial charge in [0.15, 0.2) is 0 Å². The normalized spacial score (nSPS) is 17.5. The predicted octanol–water partition coefficient (Wildman–Crippen LogP) is 4.11. The first-order chi connectivity index (χ1) is 15.4. The first-order valence-corrected chi connectivity index (χ1v) is 11.5. The topological polar surface area (TPSA) is 69.7 Å². The Bertz CT molecular complexity index is 979. The van der Waals surface area contributed by atoms with Gasteiger partial charge in [-0.3, -0.25) is 14.4 Å². The maximum Gasteiger partial charge on any atom is 0.255 e. The molecular weight excluding hydrogens is 402 g/mol. The van der Waals surface area contributed by atoms with Gasteiger partial charge in [-0.25, -0.2) is 0 Å². The quantitative estimate of drug-likeness (QED) is 0.745. The second kappa shape index (κ2) is 9.55. The summed E-state index contributed by atoms with van der Waals surface area (Å²) in [6.45, 7) is 3.35.